The van der Waals surface area contributed by atoms with Crippen LogP contribution in [-0.4, -0.2) is 35.9 Å². The number of benzene rings is 2. The number of methoxy groups -OCH3 is 2. The maximum absolute atomic E-state index is 13.2. The van der Waals surface area contributed by atoms with Crippen LogP contribution in [0.4, 0.5) is 0 Å². The average Bonchev–Trinajstić information content (AvgIpc) is 3.25. The molecule has 0 bridgehead atoms. The molecule has 1 N–H and O–H groups in total. The van der Waals surface area contributed by atoms with Crippen LogP contribution >= 0.6 is 0 Å². The molecule has 6 heteroatoms. The molecular formula is C24H27N3O3. The van der Waals surface area contributed by atoms with Crippen LogP contribution in [0.15, 0.2) is 54.7 Å². The van der Waals surface area contributed by atoms with E-state index < -0.39 is 0 Å². The molecule has 1 aromatic heterocycles. The van der Waals surface area contributed by atoms with Gasteiger partial charge < -0.3 is 14.8 Å². The Morgan fingerprint density at radius 2 is 1.73 bits per heavy atom. The molecule has 156 valence electrons. The second-order valence-corrected chi connectivity index (χ2v) is 7.55. The highest BCUT2D eigenvalue weighted by molar-refractivity contribution is 6.00. The summed E-state index contributed by atoms with van der Waals surface area (Å²) in [6.45, 7) is 0. The fourth-order valence-electron chi connectivity index (χ4n) is 3.96. The first-order valence-electron chi connectivity index (χ1n) is 10.4. The molecule has 0 spiro atoms. The van der Waals surface area contributed by atoms with Gasteiger partial charge in [0.2, 0.25) is 0 Å². The molecule has 1 aliphatic rings. The summed E-state index contributed by atoms with van der Waals surface area (Å²) < 4.78 is 12.6. The van der Waals surface area contributed by atoms with Crippen LogP contribution in [0.25, 0.3) is 16.9 Å². The average molecular weight is 405 g/mol. The van der Waals surface area contributed by atoms with E-state index in [-0.39, 0.29) is 11.9 Å². The van der Waals surface area contributed by atoms with E-state index >= 15 is 0 Å². The van der Waals surface area contributed by atoms with Gasteiger partial charge in [-0.1, -0.05) is 37.5 Å². The molecule has 4 rings (SSSR count). The number of nitrogens with one attached hydrogen (secondary N) is 1. The quantitative estimate of drug-likeness (QED) is 0.650. The summed E-state index contributed by atoms with van der Waals surface area (Å²) in [5.41, 5.74) is 2.87. The van der Waals surface area contributed by atoms with Gasteiger partial charge in [0.15, 0.2) is 11.5 Å². The van der Waals surface area contributed by atoms with Crippen molar-refractivity contribution in [3.63, 3.8) is 0 Å². The molecule has 6 nitrogen and oxygen atoms in total. The number of nitrogens with zero attached hydrogens (tertiary/aromatic N) is 2. The minimum Gasteiger partial charge on any atom is -0.493 e. The summed E-state index contributed by atoms with van der Waals surface area (Å²) in [7, 11) is 3.20. The molecule has 1 fully saturated rings. The van der Waals surface area contributed by atoms with Gasteiger partial charge in [-0.2, -0.15) is 5.10 Å². The van der Waals surface area contributed by atoms with E-state index in [1.54, 1.807) is 25.1 Å². The molecule has 0 aliphatic heterocycles. The van der Waals surface area contributed by atoms with Crippen molar-refractivity contribution >= 4 is 5.91 Å². The third kappa shape index (κ3) is 4.17. The number of aromatic nitrogens is 2. The van der Waals surface area contributed by atoms with Gasteiger partial charge >= 0.3 is 0 Å². The highest BCUT2D eigenvalue weighted by Crippen LogP contribution is 2.33. The van der Waals surface area contributed by atoms with Crippen LogP contribution in [0, 0.1) is 0 Å². The summed E-state index contributed by atoms with van der Waals surface area (Å²) >= 11 is 0. The Morgan fingerprint density at radius 1 is 1.00 bits per heavy atom. The van der Waals surface area contributed by atoms with E-state index in [1.807, 2.05) is 48.5 Å². The number of amides is 1. The standard InChI is InChI=1S/C24H27N3O3/c1-29-21-14-13-17(15-22(21)30-2)23-20(24(28)25-18-9-5-3-6-10-18)16-27(26-23)19-11-7-4-8-12-19/h4,7-8,11-16,18H,3,5-6,9-10H2,1-2H3,(H,25,28). The summed E-state index contributed by atoms with van der Waals surface area (Å²) in [4.78, 5) is 13.2. The van der Waals surface area contributed by atoms with Crippen LogP contribution in [0.5, 0.6) is 11.5 Å². The van der Waals surface area contributed by atoms with Crippen molar-refractivity contribution in [2.24, 2.45) is 0 Å². The maximum atomic E-state index is 13.2. The fourth-order valence-corrected chi connectivity index (χ4v) is 3.96. The highest BCUT2D eigenvalue weighted by Gasteiger charge is 2.23. The number of para-hydroxylation sites is 1. The molecule has 1 heterocycles. The first kappa shape index (κ1) is 20.0. The van der Waals surface area contributed by atoms with Gasteiger partial charge in [0, 0.05) is 17.8 Å². The van der Waals surface area contributed by atoms with Gasteiger partial charge in [-0.15, -0.1) is 0 Å². The zero-order valence-corrected chi connectivity index (χ0v) is 17.4. The van der Waals surface area contributed by atoms with Gasteiger partial charge in [0.1, 0.15) is 5.69 Å². The van der Waals surface area contributed by atoms with Crippen molar-refractivity contribution in [1.29, 1.82) is 0 Å². The summed E-state index contributed by atoms with van der Waals surface area (Å²) in [5.74, 6) is 1.15. The molecular weight excluding hydrogens is 378 g/mol. The Bertz CT molecular complexity index is 1010. The number of carbonyl (C=O) groups is 1. The third-order valence-electron chi connectivity index (χ3n) is 5.58. The van der Waals surface area contributed by atoms with Gasteiger partial charge in [-0.25, -0.2) is 4.68 Å². The summed E-state index contributed by atoms with van der Waals surface area (Å²) in [6, 6.07) is 15.6. The lowest BCUT2D eigenvalue weighted by Crippen LogP contribution is -2.36. The smallest absolute Gasteiger partial charge is 0.255 e. The molecule has 2 aromatic carbocycles. The van der Waals surface area contributed by atoms with Crippen molar-refractivity contribution in [3.8, 4) is 28.4 Å². The molecule has 0 atom stereocenters. The van der Waals surface area contributed by atoms with Crippen molar-refractivity contribution < 1.29 is 14.3 Å². The molecule has 0 unspecified atom stereocenters. The molecule has 1 saturated carbocycles. The Morgan fingerprint density at radius 3 is 2.43 bits per heavy atom. The first-order valence-corrected chi connectivity index (χ1v) is 10.4. The Labute approximate surface area is 176 Å². The van der Waals surface area contributed by atoms with Crippen LogP contribution in [-0.2, 0) is 0 Å². The topological polar surface area (TPSA) is 65.4 Å². The van der Waals surface area contributed by atoms with Crippen LogP contribution in [0.3, 0.4) is 0 Å². The van der Waals surface area contributed by atoms with Crippen LogP contribution < -0.4 is 14.8 Å². The Balaban J connectivity index is 1.74. The van der Waals surface area contributed by atoms with Gasteiger partial charge in [0.25, 0.3) is 5.91 Å². The number of ether oxygens (including phenoxy) is 2. The fraction of sp³-hybridized carbons (Fsp3) is 0.333. The minimum absolute atomic E-state index is 0.0890. The molecule has 1 amide bonds. The van der Waals surface area contributed by atoms with Gasteiger partial charge in [-0.05, 0) is 43.2 Å². The summed E-state index contributed by atoms with van der Waals surface area (Å²) in [6.07, 6.45) is 7.44. The van der Waals surface area contributed by atoms with E-state index in [4.69, 9.17) is 14.6 Å². The van der Waals surface area contributed by atoms with Crippen molar-refractivity contribution in [3.05, 3.63) is 60.3 Å². The molecule has 1 aliphatic carbocycles. The SMILES string of the molecule is COc1ccc(-c2nn(-c3ccccc3)cc2C(=O)NC2CCCCC2)cc1OC. The number of hydrogen-bond donors (Lipinski definition) is 1. The lowest BCUT2D eigenvalue weighted by molar-refractivity contribution is 0.0928. The summed E-state index contributed by atoms with van der Waals surface area (Å²) in [5, 5.41) is 7.97. The predicted octanol–water partition coefficient (Wildman–Crippen LogP) is 4.62. The van der Waals surface area contributed by atoms with Crippen LogP contribution in [0.2, 0.25) is 0 Å². The Kier molecular flexibility index (Phi) is 6.02. The largest absolute Gasteiger partial charge is 0.493 e. The molecule has 30 heavy (non-hydrogen) atoms. The molecule has 0 saturated heterocycles. The second kappa shape index (κ2) is 9.03. The zero-order valence-electron chi connectivity index (χ0n) is 17.4. The Hall–Kier alpha value is -3.28. The number of carbonyl (C=O) groups excluding carboxylic acids is 1. The predicted molar refractivity (Wildman–Crippen MR) is 116 cm³/mol. The highest BCUT2D eigenvalue weighted by atomic mass is 16.5. The van der Waals surface area contributed by atoms with E-state index in [9.17, 15) is 4.79 Å². The van der Waals surface area contributed by atoms with Crippen molar-refractivity contribution in [2.75, 3.05) is 14.2 Å². The van der Waals surface area contributed by atoms with Crippen molar-refractivity contribution in [2.45, 2.75) is 38.1 Å². The van der Waals surface area contributed by atoms with Gasteiger partial charge in [-0.3, -0.25) is 4.79 Å². The monoisotopic (exact) mass is 405 g/mol. The van der Waals surface area contributed by atoms with Crippen molar-refractivity contribution in [1.82, 2.24) is 15.1 Å². The number of rotatable bonds is 6. The van der Waals surface area contributed by atoms with Gasteiger partial charge in [0.05, 0.1) is 25.5 Å². The normalized spacial score (nSPS) is 14.3. The third-order valence-corrected chi connectivity index (χ3v) is 5.58. The van der Waals surface area contributed by atoms with E-state index in [2.05, 4.69) is 5.32 Å². The number of hydrogen-bond acceptors (Lipinski definition) is 4. The second-order valence-electron chi connectivity index (χ2n) is 7.55. The minimum atomic E-state index is -0.0890. The maximum Gasteiger partial charge on any atom is 0.255 e. The van der Waals surface area contributed by atoms with E-state index in [0.29, 0.717) is 22.8 Å². The van der Waals surface area contributed by atoms with E-state index in [1.165, 1.54) is 6.42 Å². The zero-order chi connectivity index (χ0) is 20.9. The van der Waals surface area contributed by atoms with Crippen LogP contribution in [0.1, 0.15) is 42.5 Å². The lowest BCUT2D eigenvalue weighted by Gasteiger charge is -2.22. The first-order chi connectivity index (χ1) is 14.7. The molecule has 3 aromatic rings. The lowest BCUT2D eigenvalue weighted by atomic mass is 9.95. The van der Waals surface area contributed by atoms with E-state index in [0.717, 1.165) is 36.9 Å². The molecule has 0 radical (unpaired) electrons.